The van der Waals surface area contributed by atoms with Gasteiger partial charge in [-0.25, -0.2) is 4.39 Å². The van der Waals surface area contributed by atoms with E-state index >= 15 is 0 Å². The number of carbonyl (C=O) groups excluding carboxylic acids is 2. The Labute approximate surface area is 112 Å². The normalized spacial score (nSPS) is 11.0. The van der Waals surface area contributed by atoms with Gasteiger partial charge in [-0.3, -0.25) is 9.59 Å². The summed E-state index contributed by atoms with van der Waals surface area (Å²) in [5.41, 5.74) is -0.0218. The molecule has 1 aromatic carbocycles. The van der Waals surface area contributed by atoms with Gasteiger partial charge < -0.3 is 10.6 Å². The quantitative estimate of drug-likeness (QED) is 0.876. The smallest absolute Gasteiger partial charge is 0.254 e. The minimum atomic E-state index is -0.592. The van der Waals surface area contributed by atoms with Crippen molar-refractivity contribution in [1.29, 1.82) is 0 Å². The van der Waals surface area contributed by atoms with Gasteiger partial charge in [0.05, 0.1) is 12.1 Å². The maximum Gasteiger partial charge on any atom is 0.254 e. The highest BCUT2D eigenvalue weighted by Crippen LogP contribution is 2.11. The zero-order valence-electron chi connectivity index (χ0n) is 11.6. The first-order valence-corrected chi connectivity index (χ1v) is 6.05. The molecular weight excluding hydrogens is 247 g/mol. The first-order valence-electron chi connectivity index (χ1n) is 6.05. The molecule has 1 rings (SSSR count). The number of rotatable bonds is 3. The number of hydrogen-bond donors (Lipinski definition) is 2. The highest BCUT2D eigenvalue weighted by atomic mass is 19.1. The van der Waals surface area contributed by atoms with Crippen LogP contribution >= 0.6 is 0 Å². The summed E-state index contributed by atoms with van der Waals surface area (Å²) in [5, 5.41) is 5.10. The number of aryl methyl sites for hydroxylation is 1. The monoisotopic (exact) mass is 266 g/mol. The molecule has 0 aliphatic heterocycles. The summed E-state index contributed by atoms with van der Waals surface area (Å²) in [6, 6.07) is 4.57. The van der Waals surface area contributed by atoms with Crippen molar-refractivity contribution in [2.24, 2.45) is 0 Å². The number of amides is 2. The van der Waals surface area contributed by atoms with E-state index < -0.39 is 11.7 Å². The molecule has 0 bridgehead atoms. The van der Waals surface area contributed by atoms with E-state index in [4.69, 9.17) is 0 Å². The van der Waals surface area contributed by atoms with Crippen molar-refractivity contribution < 1.29 is 14.0 Å². The lowest BCUT2D eigenvalue weighted by Gasteiger charge is -2.20. The van der Waals surface area contributed by atoms with E-state index in [1.54, 1.807) is 19.1 Å². The summed E-state index contributed by atoms with van der Waals surface area (Å²) in [7, 11) is 0. The second kappa shape index (κ2) is 5.82. The molecule has 2 N–H and O–H groups in total. The molecule has 0 saturated heterocycles. The predicted octanol–water partition coefficient (Wildman–Crippen LogP) is 1.78. The molecular formula is C14H19FN2O2. The topological polar surface area (TPSA) is 58.2 Å². The third-order valence-corrected chi connectivity index (χ3v) is 2.36. The molecule has 0 atom stereocenters. The van der Waals surface area contributed by atoms with Gasteiger partial charge in [0.15, 0.2) is 0 Å². The molecule has 0 fully saturated rings. The zero-order chi connectivity index (χ0) is 14.6. The van der Waals surface area contributed by atoms with E-state index in [0.717, 1.165) is 0 Å². The van der Waals surface area contributed by atoms with Gasteiger partial charge in [-0.15, -0.1) is 0 Å². The van der Waals surface area contributed by atoms with Gasteiger partial charge in [0, 0.05) is 5.54 Å². The molecule has 2 amide bonds. The van der Waals surface area contributed by atoms with Gasteiger partial charge in [0.25, 0.3) is 5.91 Å². The summed E-state index contributed by atoms with van der Waals surface area (Å²) in [4.78, 5) is 23.3. The minimum absolute atomic E-state index is 0.0523. The van der Waals surface area contributed by atoms with Gasteiger partial charge in [-0.05, 0) is 39.3 Å². The molecule has 4 nitrogen and oxygen atoms in total. The molecule has 0 spiro atoms. The maximum absolute atomic E-state index is 13.7. The second-order valence-electron chi connectivity index (χ2n) is 5.42. The Morgan fingerprint density at radius 3 is 2.47 bits per heavy atom. The molecule has 104 valence electrons. The number of hydrogen-bond acceptors (Lipinski definition) is 2. The largest absolute Gasteiger partial charge is 0.350 e. The molecule has 19 heavy (non-hydrogen) atoms. The van der Waals surface area contributed by atoms with Crippen LogP contribution in [0.15, 0.2) is 18.2 Å². The van der Waals surface area contributed by atoms with Crippen LogP contribution in [0, 0.1) is 12.7 Å². The Hall–Kier alpha value is -1.91. The summed E-state index contributed by atoms with van der Waals surface area (Å²) in [5.74, 6) is -1.46. The van der Waals surface area contributed by atoms with Crippen molar-refractivity contribution >= 4 is 11.8 Å². The Balaban J connectivity index is 2.61. The number of benzene rings is 1. The van der Waals surface area contributed by atoms with Crippen molar-refractivity contribution in [1.82, 2.24) is 10.6 Å². The van der Waals surface area contributed by atoms with Gasteiger partial charge in [0.2, 0.25) is 5.91 Å². The predicted molar refractivity (Wildman–Crippen MR) is 71.4 cm³/mol. The van der Waals surface area contributed by atoms with Crippen molar-refractivity contribution in [3.05, 3.63) is 35.1 Å². The van der Waals surface area contributed by atoms with Crippen molar-refractivity contribution in [3.63, 3.8) is 0 Å². The van der Waals surface area contributed by atoms with Crippen LogP contribution in [0.25, 0.3) is 0 Å². The average Bonchev–Trinajstić information content (AvgIpc) is 2.27. The van der Waals surface area contributed by atoms with Crippen molar-refractivity contribution in [2.45, 2.75) is 33.2 Å². The Morgan fingerprint density at radius 1 is 1.26 bits per heavy atom. The number of nitrogens with one attached hydrogen (secondary N) is 2. The van der Waals surface area contributed by atoms with Gasteiger partial charge in [0.1, 0.15) is 5.82 Å². The van der Waals surface area contributed by atoms with Crippen LogP contribution < -0.4 is 10.6 Å². The average molecular weight is 266 g/mol. The molecule has 0 aliphatic carbocycles. The number of halogens is 1. The van der Waals surface area contributed by atoms with Crippen molar-refractivity contribution in [3.8, 4) is 0 Å². The van der Waals surface area contributed by atoms with E-state index in [2.05, 4.69) is 10.6 Å². The summed E-state index contributed by atoms with van der Waals surface area (Å²) in [6.07, 6.45) is 0. The molecule has 0 aliphatic rings. The second-order valence-corrected chi connectivity index (χ2v) is 5.42. The standard InChI is InChI=1S/C14H19FN2O2/c1-9-6-5-7-10(12(9)15)13(19)16-8-11(18)17-14(2,3)4/h5-7H,8H2,1-4H3,(H,16,19)(H,17,18). The van der Waals surface area contributed by atoms with Crippen LogP contribution in [0.3, 0.4) is 0 Å². The molecule has 0 radical (unpaired) electrons. The first kappa shape index (κ1) is 15.1. The van der Waals surface area contributed by atoms with E-state index in [1.807, 2.05) is 20.8 Å². The van der Waals surface area contributed by atoms with E-state index in [-0.39, 0.29) is 23.6 Å². The van der Waals surface area contributed by atoms with E-state index in [9.17, 15) is 14.0 Å². The lowest BCUT2D eigenvalue weighted by Crippen LogP contribution is -2.45. The fraction of sp³-hybridized carbons (Fsp3) is 0.429. The van der Waals surface area contributed by atoms with E-state index in [0.29, 0.717) is 5.56 Å². The third-order valence-electron chi connectivity index (χ3n) is 2.36. The summed E-state index contributed by atoms with van der Waals surface area (Å²) < 4.78 is 13.7. The molecule has 0 saturated carbocycles. The summed E-state index contributed by atoms with van der Waals surface area (Å²) >= 11 is 0. The van der Waals surface area contributed by atoms with Crippen LogP contribution in [-0.4, -0.2) is 23.9 Å². The molecule has 0 aromatic heterocycles. The maximum atomic E-state index is 13.7. The van der Waals surface area contributed by atoms with Gasteiger partial charge >= 0.3 is 0 Å². The number of carbonyl (C=O) groups is 2. The molecule has 0 heterocycles. The van der Waals surface area contributed by atoms with Crippen molar-refractivity contribution in [2.75, 3.05) is 6.54 Å². The lowest BCUT2D eigenvalue weighted by atomic mass is 10.1. The van der Waals surface area contributed by atoms with Gasteiger partial charge in [-0.1, -0.05) is 12.1 Å². The first-order chi connectivity index (χ1) is 8.70. The van der Waals surface area contributed by atoms with Gasteiger partial charge in [-0.2, -0.15) is 0 Å². The van der Waals surface area contributed by atoms with Crippen LogP contribution in [-0.2, 0) is 4.79 Å². The van der Waals surface area contributed by atoms with E-state index in [1.165, 1.54) is 6.07 Å². The zero-order valence-corrected chi connectivity index (χ0v) is 11.6. The highest BCUT2D eigenvalue weighted by molar-refractivity contribution is 5.96. The summed E-state index contributed by atoms with van der Waals surface area (Å²) in [6.45, 7) is 6.93. The Morgan fingerprint density at radius 2 is 1.89 bits per heavy atom. The van der Waals surface area contributed by atoms with Crippen LogP contribution in [0.4, 0.5) is 4.39 Å². The SMILES string of the molecule is Cc1cccc(C(=O)NCC(=O)NC(C)(C)C)c1F. The molecule has 5 heteroatoms. The minimum Gasteiger partial charge on any atom is -0.350 e. The fourth-order valence-electron chi connectivity index (χ4n) is 1.54. The Bertz CT molecular complexity index is 493. The molecule has 1 aromatic rings. The van der Waals surface area contributed by atoms with Crippen LogP contribution in [0.5, 0.6) is 0 Å². The third kappa shape index (κ3) is 4.69. The van der Waals surface area contributed by atoms with Crippen LogP contribution in [0.2, 0.25) is 0 Å². The lowest BCUT2D eigenvalue weighted by molar-refractivity contribution is -0.121. The Kier molecular flexibility index (Phi) is 4.64. The van der Waals surface area contributed by atoms with Crippen LogP contribution in [0.1, 0.15) is 36.7 Å². The highest BCUT2D eigenvalue weighted by Gasteiger charge is 2.16. The fourth-order valence-corrected chi connectivity index (χ4v) is 1.54. The molecule has 0 unspecified atom stereocenters.